The highest BCUT2D eigenvalue weighted by Crippen LogP contribution is 2.23. The van der Waals surface area contributed by atoms with Crippen molar-refractivity contribution in [2.45, 2.75) is 39.4 Å². The maximum atomic E-state index is 12.9. The fraction of sp³-hybridized carbons (Fsp3) is 0.571. The van der Waals surface area contributed by atoms with Gasteiger partial charge in [0.1, 0.15) is 22.7 Å². The number of alkyl halides is 1. The minimum absolute atomic E-state index is 0.1000. The maximum absolute atomic E-state index is 12.9. The predicted octanol–water partition coefficient (Wildman–Crippen LogP) is 3.76. The minimum Gasteiger partial charge on any atom is -0.491 e. The Balaban J connectivity index is 2.57. The first-order valence-electron chi connectivity index (χ1n) is 6.59. The van der Waals surface area contributed by atoms with Gasteiger partial charge in [0.15, 0.2) is 0 Å². The molecule has 0 spiro atoms. The molecule has 2 N–H and O–H groups in total. The largest absolute Gasteiger partial charge is 0.491 e. The number of aromatic nitrogens is 1. The monoisotopic (exact) mass is 362 g/mol. The number of ether oxygens (including phenoxy) is 1. The number of hydrogen-bond acceptors (Lipinski definition) is 3. The van der Waals surface area contributed by atoms with E-state index in [0.29, 0.717) is 23.4 Å². The van der Waals surface area contributed by atoms with Crippen molar-refractivity contribution in [3.05, 3.63) is 22.4 Å². The van der Waals surface area contributed by atoms with Crippen LogP contribution in [-0.4, -0.2) is 28.3 Å². The molecule has 5 nitrogen and oxygen atoms in total. The first kappa shape index (κ1) is 17.7. The molecule has 0 aliphatic heterocycles. The van der Waals surface area contributed by atoms with Gasteiger partial charge in [-0.1, -0.05) is 6.92 Å². The molecule has 1 aromatic rings. The number of nitrogens with one attached hydrogen (secondary N) is 1. The summed E-state index contributed by atoms with van der Waals surface area (Å²) in [7, 11) is 0. The van der Waals surface area contributed by atoms with E-state index >= 15 is 0 Å². The molecule has 0 aliphatic carbocycles. The number of halogens is 2. The Morgan fingerprint density at radius 2 is 2.24 bits per heavy atom. The standard InChI is InChI=1S/C14H20BrFN2O3/c1-9(6-14(2,3)18-13(19)20)8-21-11-4-5-12(15)17-10(11)7-16/h4-5,9,18H,6-8H2,1-3H3,(H,19,20)/t9-/m0/s1. The Kier molecular flexibility index (Phi) is 6.39. The van der Waals surface area contributed by atoms with Gasteiger partial charge in [-0.25, -0.2) is 14.2 Å². The van der Waals surface area contributed by atoms with Crippen LogP contribution in [0, 0.1) is 5.92 Å². The van der Waals surface area contributed by atoms with Crippen molar-refractivity contribution in [3.63, 3.8) is 0 Å². The summed E-state index contributed by atoms with van der Waals surface area (Å²) in [5.74, 6) is 0.513. The number of hydrogen-bond donors (Lipinski definition) is 2. The van der Waals surface area contributed by atoms with Gasteiger partial charge in [-0.15, -0.1) is 0 Å². The third-order valence-corrected chi connectivity index (χ3v) is 3.29. The summed E-state index contributed by atoms with van der Waals surface area (Å²) in [6.07, 6.45) is -0.446. The zero-order valence-electron chi connectivity index (χ0n) is 12.3. The summed E-state index contributed by atoms with van der Waals surface area (Å²) in [5, 5.41) is 11.2. The van der Waals surface area contributed by atoms with Crippen molar-refractivity contribution >= 4 is 22.0 Å². The van der Waals surface area contributed by atoms with Crippen LogP contribution in [-0.2, 0) is 6.67 Å². The number of rotatable bonds is 7. The molecule has 0 unspecified atom stereocenters. The molecular formula is C14H20BrFN2O3. The molecule has 7 heteroatoms. The van der Waals surface area contributed by atoms with Gasteiger partial charge in [0.2, 0.25) is 0 Å². The molecule has 0 saturated carbocycles. The van der Waals surface area contributed by atoms with Crippen LogP contribution >= 0.6 is 15.9 Å². The molecule has 1 atom stereocenters. The lowest BCUT2D eigenvalue weighted by Gasteiger charge is -2.28. The Morgan fingerprint density at radius 3 is 2.81 bits per heavy atom. The highest BCUT2D eigenvalue weighted by molar-refractivity contribution is 9.10. The fourth-order valence-corrected chi connectivity index (χ4v) is 2.54. The van der Waals surface area contributed by atoms with Gasteiger partial charge in [0, 0.05) is 5.54 Å². The summed E-state index contributed by atoms with van der Waals surface area (Å²) in [4.78, 5) is 14.7. The molecule has 0 saturated heterocycles. The zero-order chi connectivity index (χ0) is 16.0. The summed E-state index contributed by atoms with van der Waals surface area (Å²) in [6.45, 7) is 5.24. The molecule has 1 amide bonds. The van der Waals surface area contributed by atoms with E-state index in [2.05, 4.69) is 26.2 Å². The Hall–Kier alpha value is -1.37. The summed E-state index contributed by atoms with van der Waals surface area (Å²) in [5.41, 5.74) is -0.297. The van der Waals surface area contributed by atoms with Crippen molar-refractivity contribution in [3.8, 4) is 5.75 Å². The third-order valence-electron chi connectivity index (χ3n) is 2.85. The highest BCUT2D eigenvalue weighted by Gasteiger charge is 2.23. The number of pyridine rings is 1. The number of carboxylic acid groups (broad SMARTS) is 1. The van der Waals surface area contributed by atoms with E-state index in [-0.39, 0.29) is 11.6 Å². The summed E-state index contributed by atoms with van der Waals surface area (Å²) in [6, 6.07) is 3.36. The lowest BCUT2D eigenvalue weighted by Crippen LogP contribution is -2.44. The van der Waals surface area contributed by atoms with Crippen molar-refractivity contribution in [2.75, 3.05) is 6.61 Å². The SMILES string of the molecule is C[C@H](COc1ccc(Br)nc1CF)CC(C)(C)NC(=O)O. The Labute approximate surface area is 132 Å². The first-order valence-corrected chi connectivity index (χ1v) is 7.38. The second-order valence-electron chi connectivity index (χ2n) is 5.65. The topological polar surface area (TPSA) is 71.5 Å². The van der Waals surface area contributed by atoms with Crippen LogP contribution in [0.2, 0.25) is 0 Å². The Morgan fingerprint density at radius 1 is 1.57 bits per heavy atom. The fourth-order valence-electron chi connectivity index (χ4n) is 2.19. The molecule has 1 aromatic heterocycles. The van der Waals surface area contributed by atoms with Crippen molar-refractivity contribution < 1.29 is 19.0 Å². The molecule has 0 aromatic carbocycles. The van der Waals surface area contributed by atoms with Crippen molar-refractivity contribution in [1.29, 1.82) is 0 Å². The van der Waals surface area contributed by atoms with Gasteiger partial charge < -0.3 is 15.2 Å². The van der Waals surface area contributed by atoms with Crippen LogP contribution in [0.25, 0.3) is 0 Å². The van der Waals surface area contributed by atoms with Gasteiger partial charge >= 0.3 is 6.09 Å². The maximum Gasteiger partial charge on any atom is 0.405 e. The minimum atomic E-state index is -1.05. The molecule has 1 rings (SSSR count). The van der Waals surface area contributed by atoms with Gasteiger partial charge in [-0.2, -0.15) is 0 Å². The molecule has 0 fully saturated rings. The number of nitrogens with zero attached hydrogens (tertiary/aromatic N) is 1. The van der Waals surface area contributed by atoms with Crippen LogP contribution in [0.1, 0.15) is 32.9 Å². The molecule has 118 valence electrons. The van der Waals surface area contributed by atoms with E-state index in [1.54, 1.807) is 12.1 Å². The smallest absolute Gasteiger partial charge is 0.405 e. The molecule has 0 radical (unpaired) electrons. The van der Waals surface area contributed by atoms with E-state index in [1.165, 1.54) is 0 Å². The van der Waals surface area contributed by atoms with Crippen LogP contribution in [0.15, 0.2) is 16.7 Å². The predicted molar refractivity (Wildman–Crippen MR) is 81.3 cm³/mol. The van der Waals surface area contributed by atoms with Crippen LogP contribution < -0.4 is 10.1 Å². The van der Waals surface area contributed by atoms with Gasteiger partial charge in [-0.3, -0.25) is 0 Å². The first-order chi connectivity index (χ1) is 9.73. The van der Waals surface area contributed by atoms with Gasteiger partial charge in [0.05, 0.1) is 6.61 Å². The van der Waals surface area contributed by atoms with E-state index in [1.807, 2.05) is 20.8 Å². The van der Waals surface area contributed by atoms with Crippen LogP contribution in [0.4, 0.5) is 9.18 Å². The molecule has 21 heavy (non-hydrogen) atoms. The molecule has 0 bridgehead atoms. The zero-order valence-corrected chi connectivity index (χ0v) is 13.9. The lowest BCUT2D eigenvalue weighted by molar-refractivity contribution is 0.169. The quantitative estimate of drug-likeness (QED) is 0.724. The molecular weight excluding hydrogens is 343 g/mol. The lowest BCUT2D eigenvalue weighted by atomic mass is 9.92. The van der Waals surface area contributed by atoms with E-state index in [9.17, 15) is 9.18 Å². The van der Waals surface area contributed by atoms with Crippen LogP contribution in [0.3, 0.4) is 0 Å². The van der Waals surface area contributed by atoms with E-state index < -0.39 is 18.3 Å². The van der Waals surface area contributed by atoms with Gasteiger partial charge in [0.25, 0.3) is 0 Å². The number of amides is 1. The van der Waals surface area contributed by atoms with E-state index in [0.717, 1.165) is 0 Å². The highest BCUT2D eigenvalue weighted by atomic mass is 79.9. The second kappa shape index (κ2) is 7.59. The summed E-state index contributed by atoms with van der Waals surface area (Å²) < 4.78 is 19.0. The molecule has 0 aliphatic rings. The Bertz CT molecular complexity index is 497. The average molecular weight is 363 g/mol. The average Bonchev–Trinajstić information content (AvgIpc) is 2.34. The van der Waals surface area contributed by atoms with Crippen LogP contribution in [0.5, 0.6) is 5.75 Å². The number of carbonyl (C=O) groups is 1. The molecule has 1 heterocycles. The summed E-state index contributed by atoms with van der Waals surface area (Å²) >= 11 is 3.18. The van der Waals surface area contributed by atoms with Crippen molar-refractivity contribution in [2.24, 2.45) is 5.92 Å². The van der Waals surface area contributed by atoms with Crippen molar-refractivity contribution in [1.82, 2.24) is 10.3 Å². The second-order valence-corrected chi connectivity index (χ2v) is 6.46. The van der Waals surface area contributed by atoms with Gasteiger partial charge in [-0.05, 0) is 54.2 Å². The third kappa shape index (κ3) is 6.29. The normalized spacial score (nSPS) is 12.8. The van der Waals surface area contributed by atoms with E-state index in [4.69, 9.17) is 9.84 Å².